The Balaban J connectivity index is 2.01. The van der Waals surface area contributed by atoms with Gasteiger partial charge in [0.1, 0.15) is 11.6 Å². The van der Waals surface area contributed by atoms with Gasteiger partial charge in [0.15, 0.2) is 0 Å². The first-order chi connectivity index (χ1) is 9.13. The Kier molecular flexibility index (Phi) is 2.99. The average molecular weight is 278 g/mol. The summed E-state index contributed by atoms with van der Waals surface area (Å²) >= 11 is 5.72. The number of halogens is 3. The summed E-state index contributed by atoms with van der Waals surface area (Å²) in [6, 6.07) is 11.0. The number of rotatable bonds is 2. The highest BCUT2D eigenvalue weighted by Crippen LogP contribution is 2.20. The van der Waals surface area contributed by atoms with Crippen LogP contribution in [0.2, 0.25) is 5.02 Å². The van der Waals surface area contributed by atoms with Gasteiger partial charge in [0, 0.05) is 27.7 Å². The smallest absolute Gasteiger partial charge is 0.129 e. The van der Waals surface area contributed by atoms with Gasteiger partial charge in [-0.15, -0.1) is 0 Å². The molecular weight excluding hydrogens is 268 g/mol. The van der Waals surface area contributed by atoms with E-state index in [0.717, 1.165) is 10.9 Å². The van der Waals surface area contributed by atoms with Crippen LogP contribution in [0.25, 0.3) is 10.9 Å². The van der Waals surface area contributed by atoms with E-state index in [-0.39, 0.29) is 11.6 Å². The zero-order valence-corrected chi connectivity index (χ0v) is 10.7. The summed E-state index contributed by atoms with van der Waals surface area (Å²) < 4.78 is 28.7. The molecule has 4 heteroatoms. The number of benzene rings is 2. The van der Waals surface area contributed by atoms with Crippen molar-refractivity contribution in [2.45, 2.75) is 6.54 Å². The maximum atomic E-state index is 13.7. The van der Waals surface area contributed by atoms with E-state index in [9.17, 15) is 8.78 Å². The lowest BCUT2D eigenvalue weighted by Crippen LogP contribution is -2.00. The Morgan fingerprint density at radius 1 is 1.00 bits per heavy atom. The molecular formula is C15H10ClF2N. The molecule has 0 aliphatic carbocycles. The second kappa shape index (κ2) is 4.67. The second-order valence-electron chi connectivity index (χ2n) is 4.38. The fraction of sp³-hybridized carbons (Fsp3) is 0.0667. The number of nitrogens with zero attached hydrogens (tertiary/aromatic N) is 1. The summed E-state index contributed by atoms with van der Waals surface area (Å²) in [6.07, 6.45) is 1.82. The lowest BCUT2D eigenvalue weighted by molar-refractivity contribution is 0.602. The van der Waals surface area contributed by atoms with Crippen LogP contribution in [0.15, 0.2) is 48.7 Å². The molecule has 0 unspecified atom stereocenters. The highest BCUT2D eigenvalue weighted by atomic mass is 35.5. The highest BCUT2D eigenvalue weighted by molar-refractivity contribution is 6.30. The third-order valence-corrected chi connectivity index (χ3v) is 3.32. The van der Waals surface area contributed by atoms with Crippen molar-refractivity contribution in [2.24, 2.45) is 0 Å². The van der Waals surface area contributed by atoms with Gasteiger partial charge in [-0.3, -0.25) is 0 Å². The van der Waals surface area contributed by atoms with E-state index in [1.807, 2.05) is 16.8 Å². The third kappa shape index (κ3) is 2.34. The molecule has 0 N–H and O–H groups in total. The highest BCUT2D eigenvalue weighted by Gasteiger charge is 2.07. The van der Waals surface area contributed by atoms with Gasteiger partial charge in [-0.2, -0.15) is 0 Å². The molecule has 0 spiro atoms. The number of fused-ring (bicyclic) bond motifs is 1. The van der Waals surface area contributed by atoms with Crippen LogP contribution in [-0.2, 0) is 6.54 Å². The number of hydrogen-bond acceptors (Lipinski definition) is 0. The van der Waals surface area contributed by atoms with Crippen LogP contribution in [-0.4, -0.2) is 4.57 Å². The monoisotopic (exact) mass is 277 g/mol. The summed E-state index contributed by atoms with van der Waals surface area (Å²) in [5, 5.41) is 1.18. The van der Waals surface area contributed by atoms with Crippen LogP contribution in [0.3, 0.4) is 0 Å². The van der Waals surface area contributed by atoms with Crippen LogP contribution in [0.4, 0.5) is 8.78 Å². The van der Waals surface area contributed by atoms with E-state index >= 15 is 0 Å². The van der Waals surface area contributed by atoms with Gasteiger partial charge in [-0.25, -0.2) is 8.78 Å². The van der Waals surface area contributed by atoms with Crippen LogP contribution in [0.5, 0.6) is 0 Å². The van der Waals surface area contributed by atoms with E-state index in [4.69, 9.17) is 11.6 Å². The molecule has 3 aromatic rings. The van der Waals surface area contributed by atoms with E-state index < -0.39 is 0 Å². The van der Waals surface area contributed by atoms with Crippen molar-refractivity contribution in [3.63, 3.8) is 0 Å². The zero-order valence-electron chi connectivity index (χ0n) is 9.91. The average Bonchev–Trinajstić information content (AvgIpc) is 2.75. The summed E-state index contributed by atoms with van der Waals surface area (Å²) in [7, 11) is 0. The number of hydrogen-bond donors (Lipinski definition) is 0. The van der Waals surface area contributed by atoms with Gasteiger partial charge in [-0.05, 0) is 36.4 Å². The third-order valence-electron chi connectivity index (χ3n) is 3.09. The minimum absolute atomic E-state index is 0.275. The SMILES string of the molecule is Fc1ccc2c(ccn2Cc2ccc(Cl)cc2F)c1. The topological polar surface area (TPSA) is 4.93 Å². The van der Waals surface area contributed by atoms with Crippen LogP contribution in [0.1, 0.15) is 5.56 Å². The summed E-state index contributed by atoms with van der Waals surface area (Å²) in [6.45, 7) is 0.387. The van der Waals surface area contributed by atoms with Crippen molar-refractivity contribution >= 4 is 22.5 Å². The maximum absolute atomic E-state index is 13.7. The van der Waals surface area contributed by atoms with Gasteiger partial charge in [0.2, 0.25) is 0 Å². The Bertz CT molecular complexity index is 749. The van der Waals surface area contributed by atoms with Crippen molar-refractivity contribution in [3.8, 4) is 0 Å². The minimum atomic E-state index is -0.337. The minimum Gasteiger partial charge on any atom is -0.343 e. The normalized spacial score (nSPS) is 11.1. The first-order valence-corrected chi connectivity index (χ1v) is 6.19. The molecule has 0 fully saturated rings. The predicted octanol–water partition coefficient (Wildman–Crippen LogP) is 4.62. The summed E-state index contributed by atoms with van der Waals surface area (Å²) in [5.41, 5.74) is 1.42. The van der Waals surface area contributed by atoms with Crippen molar-refractivity contribution in [1.29, 1.82) is 0 Å². The van der Waals surface area contributed by atoms with E-state index in [0.29, 0.717) is 17.1 Å². The van der Waals surface area contributed by atoms with Gasteiger partial charge in [-0.1, -0.05) is 17.7 Å². The van der Waals surface area contributed by atoms with Crippen LogP contribution in [0, 0.1) is 11.6 Å². The second-order valence-corrected chi connectivity index (χ2v) is 4.82. The quantitative estimate of drug-likeness (QED) is 0.644. The standard InChI is InChI=1S/C15H10ClF2N/c16-12-2-1-11(14(18)8-12)9-19-6-5-10-7-13(17)3-4-15(10)19/h1-8H,9H2. The largest absolute Gasteiger partial charge is 0.343 e. The van der Waals surface area contributed by atoms with E-state index in [1.165, 1.54) is 18.2 Å². The molecule has 0 aliphatic rings. The lowest BCUT2D eigenvalue weighted by atomic mass is 10.2. The fourth-order valence-corrected chi connectivity index (χ4v) is 2.30. The van der Waals surface area contributed by atoms with Gasteiger partial charge in [0.25, 0.3) is 0 Å². The Hall–Kier alpha value is -1.87. The van der Waals surface area contributed by atoms with Crippen molar-refractivity contribution in [2.75, 3.05) is 0 Å². The Labute approximate surface area is 114 Å². The maximum Gasteiger partial charge on any atom is 0.129 e. The van der Waals surface area contributed by atoms with E-state index in [1.54, 1.807) is 18.2 Å². The van der Waals surface area contributed by atoms with E-state index in [2.05, 4.69) is 0 Å². The molecule has 1 nitrogen and oxygen atoms in total. The Morgan fingerprint density at radius 2 is 1.84 bits per heavy atom. The summed E-state index contributed by atoms with van der Waals surface area (Å²) in [4.78, 5) is 0. The first kappa shape index (κ1) is 12.2. The van der Waals surface area contributed by atoms with Crippen LogP contribution < -0.4 is 0 Å². The molecule has 0 amide bonds. The molecule has 1 aromatic heterocycles. The zero-order chi connectivity index (χ0) is 13.4. The molecule has 3 rings (SSSR count). The van der Waals surface area contributed by atoms with Crippen LogP contribution >= 0.6 is 11.6 Å². The van der Waals surface area contributed by atoms with Crippen molar-refractivity contribution < 1.29 is 8.78 Å². The fourth-order valence-electron chi connectivity index (χ4n) is 2.14. The van der Waals surface area contributed by atoms with Gasteiger partial charge in [0.05, 0.1) is 6.54 Å². The molecule has 0 radical (unpaired) electrons. The molecule has 0 bridgehead atoms. The molecule has 96 valence electrons. The summed E-state index contributed by atoms with van der Waals surface area (Å²) in [5.74, 6) is -0.612. The molecule has 0 saturated carbocycles. The molecule has 2 aromatic carbocycles. The predicted molar refractivity (Wildman–Crippen MR) is 72.4 cm³/mol. The van der Waals surface area contributed by atoms with Gasteiger partial charge >= 0.3 is 0 Å². The molecule has 0 atom stereocenters. The number of aromatic nitrogens is 1. The Morgan fingerprint density at radius 3 is 2.63 bits per heavy atom. The molecule has 1 heterocycles. The van der Waals surface area contributed by atoms with Crippen molar-refractivity contribution in [1.82, 2.24) is 4.57 Å². The molecule has 19 heavy (non-hydrogen) atoms. The first-order valence-electron chi connectivity index (χ1n) is 5.82. The molecule has 0 saturated heterocycles. The van der Waals surface area contributed by atoms with Gasteiger partial charge < -0.3 is 4.57 Å². The lowest BCUT2D eigenvalue weighted by Gasteiger charge is -2.07. The van der Waals surface area contributed by atoms with Crippen molar-refractivity contribution in [3.05, 3.63) is 70.9 Å². The molecule has 0 aliphatic heterocycles.